The van der Waals surface area contributed by atoms with E-state index in [0.29, 0.717) is 0 Å². The fourth-order valence-electron chi connectivity index (χ4n) is 20.2. The molecule has 0 fully saturated rings. The van der Waals surface area contributed by atoms with E-state index in [1.54, 1.807) is 11.1 Å². The standard InChI is InChI=1S/C74H66N2.C29H27N.C16H14Br2/c1-51-13-9-19-60(49-51)53-27-37-62(38-28-53)75(63-41-31-57(32-42-63)69-25-11-17-55-15-3-5-21-67(55)69)64-43-33-59(34-44-64)71-47-48-74(73-24-8-7-23-72(71)73)76(65-39-29-54(30-40-65)61-20-10-14-52(2)50-61)66-45-35-58(36-46-66)70-26-12-18-56-16-4-6-22-68(56)70;1-21-6-4-9-25(20-21)22-12-16-26(17-13-22)30-27-18-14-24(15-19-27)29-11-5-8-23-7-2-3-10-28(23)29;17-12-7-5-11(6-8-12)13-9-10-16(18)15-4-2-1-3-14(13)15/h9-14,17-20,25-50H,3-8,15-16,21-24H2,1-2H3;4-6,8-9,11-20,30H,2-3,7,10H2,1H3;5-10H,1-4H2. The summed E-state index contributed by atoms with van der Waals surface area (Å²) >= 11 is 7.19. The molecular weight excluding hydrogens is 1630 g/mol. The van der Waals surface area contributed by atoms with Gasteiger partial charge in [0.05, 0.1) is 0 Å². The fraction of sp³-hybridized carbons (Fsp3) is 0.193. The summed E-state index contributed by atoms with van der Waals surface area (Å²) < 4.78 is 2.41. The fourth-order valence-corrected chi connectivity index (χ4v) is 21.0. The van der Waals surface area contributed by atoms with Crippen LogP contribution in [0, 0.1) is 20.8 Å². The van der Waals surface area contributed by atoms with Crippen molar-refractivity contribution >= 4 is 77.4 Å². The molecule has 0 unspecified atom stereocenters. The third kappa shape index (κ3) is 18.0. The van der Waals surface area contributed by atoms with Crippen LogP contribution in [0.3, 0.4) is 0 Å². The molecule has 5 aliphatic carbocycles. The van der Waals surface area contributed by atoms with E-state index in [9.17, 15) is 0 Å². The van der Waals surface area contributed by atoms with Gasteiger partial charge in [0.25, 0.3) is 0 Å². The Bertz CT molecular complexity index is 6460. The van der Waals surface area contributed by atoms with Crippen LogP contribution in [0.5, 0.6) is 0 Å². The molecule has 0 aliphatic heterocycles. The van der Waals surface area contributed by atoms with Crippen molar-refractivity contribution in [2.45, 2.75) is 149 Å². The van der Waals surface area contributed by atoms with Crippen LogP contribution >= 0.6 is 31.9 Å². The molecule has 0 saturated carbocycles. The van der Waals surface area contributed by atoms with E-state index in [4.69, 9.17) is 0 Å². The maximum Gasteiger partial charge on any atom is 0.0496 e. The first-order chi connectivity index (χ1) is 61.0. The van der Waals surface area contributed by atoms with Gasteiger partial charge in [-0.2, -0.15) is 0 Å². The average molecular weight is 1740 g/mol. The van der Waals surface area contributed by atoms with Gasteiger partial charge >= 0.3 is 0 Å². The maximum absolute atomic E-state index is 3.69. The summed E-state index contributed by atoms with van der Waals surface area (Å²) in [5.41, 5.74) is 49.2. The van der Waals surface area contributed by atoms with E-state index in [2.05, 4.69) is 414 Å². The van der Waals surface area contributed by atoms with E-state index in [1.807, 2.05) is 0 Å². The van der Waals surface area contributed by atoms with Crippen molar-refractivity contribution in [2.24, 2.45) is 0 Å². The SMILES string of the molecule is Brc1ccc(-c2ccc(Br)c3c2CCCC3)cc1.Cc1cccc(-c2ccc(N(c3ccc(-c4cccc5c4CCCC5)cc3)c3ccc(-c4ccc(N(c5ccc(-c6cccc(C)c6)cc5)c5ccc(-c6cccc7c6CCCC7)cc5)c5c4CCCC5)cc3)cc2)c1.Cc1cccc(-c2ccc(Nc3ccc(-c4cccc5c4CCCC5)cc3)cc2)c1. The first kappa shape index (κ1) is 81.5. The largest absolute Gasteiger partial charge is 0.356 e. The quantitative estimate of drug-likeness (QED) is 0.104. The highest BCUT2D eigenvalue weighted by Crippen LogP contribution is 2.48. The van der Waals surface area contributed by atoms with E-state index >= 15 is 0 Å². The monoisotopic (exact) mass is 1740 g/mol. The lowest BCUT2D eigenvalue weighted by atomic mass is 9.84. The molecule has 0 heterocycles. The van der Waals surface area contributed by atoms with Crippen LogP contribution in [0.15, 0.2) is 355 Å². The Balaban J connectivity index is 0.000000169. The van der Waals surface area contributed by atoms with Gasteiger partial charge in [0.1, 0.15) is 0 Å². The Morgan fingerprint density at radius 1 is 0.210 bits per heavy atom. The normalized spacial score (nSPS) is 13.7. The zero-order chi connectivity index (χ0) is 83.8. The number of benzene rings is 16. The molecule has 5 heteroatoms. The topological polar surface area (TPSA) is 18.5 Å². The van der Waals surface area contributed by atoms with Gasteiger partial charge in [0.15, 0.2) is 0 Å². The predicted octanol–water partition coefficient (Wildman–Crippen LogP) is 33.9. The van der Waals surface area contributed by atoms with E-state index < -0.39 is 0 Å². The molecule has 5 aliphatic rings. The summed E-state index contributed by atoms with van der Waals surface area (Å²) in [7, 11) is 0. The Morgan fingerprint density at radius 3 is 0.855 bits per heavy atom. The second-order valence-electron chi connectivity index (χ2n) is 34.8. The van der Waals surface area contributed by atoms with Gasteiger partial charge in [-0.15, -0.1) is 0 Å². The summed E-state index contributed by atoms with van der Waals surface area (Å²) in [5, 5.41) is 3.53. The van der Waals surface area contributed by atoms with Crippen LogP contribution in [0.1, 0.15) is 137 Å². The summed E-state index contributed by atoms with van der Waals surface area (Å²) in [6, 6.07) is 129. The summed E-state index contributed by atoms with van der Waals surface area (Å²) in [6.07, 6.45) is 24.4. The van der Waals surface area contributed by atoms with Crippen molar-refractivity contribution in [3.8, 4) is 89.0 Å². The molecule has 0 aromatic heterocycles. The third-order valence-electron chi connectivity index (χ3n) is 26.6. The average Bonchev–Trinajstić information content (AvgIpc) is 0.755. The summed E-state index contributed by atoms with van der Waals surface area (Å²) in [4.78, 5) is 4.95. The zero-order valence-electron chi connectivity index (χ0n) is 71.7. The van der Waals surface area contributed by atoms with Gasteiger partial charge in [-0.25, -0.2) is 0 Å². The Kier molecular flexibility index (Phi) is 24.7. The molecule has 0 radical (unpaired) electrons. The number of nitrogens with one attached hydrogen (secondary N) is 1. The Morgan fingerprint density at radius 2 is 0.484 bits per heavy atom. The van der Waals surface area contributed by atoms with Crippen LogP contribution < -0.4 is 15.1 Å². The minimum Gasteiger partial charge on any atom is -0.356 e. The molecule has 16 aromatic carbocycles. The van der Waals surface area contributed by atoms with Crippen LogP contribution in [0.25, 0.3) is 89.0 Å². The summed E-state index contributed by atoms with van der Waals surface area (Å²) in [5.74, 6) is 0. The zero-order valence-corrected chi connectivity index (χ0v) is 74.9. The van der Waals surface area contributed by atoms with Gasteiger partial charge in [-0.3, -0.25) is 0 Å². The molecule has 0 bridgehead atoms. The van der Waals surface area contributed by atoms with Crippen molar-refractivity contribution in [3.05, 3.63) is 427 Å². The number of rotatable bonds is 16. The van der Waals surface area contributed by atoms with Crippen LogP contribution in [-0.4, -0.2) is 0 Å². The second-order valence-corrected chi connectivity index (χ2v) is 36.6. The molecule has 0 saturated heterocycles. The highest BCUT2D eigenvalue weighted by Gasteiger charge is 2.27. The first-order valence-corrected chi connectivity index (χ1v) is 46.9. The molecule has 0 atom stereocenters. The van der Waals surface area contributed by atoms with Gasteiger partial charge in [0.2, 0.25) is 0 Å². The lowest BCUT2D eigenvalue weighted by Crippen LogP contribution is -2.16. The summed E-state index contributed by atoms with van der Waals surface area (Å²) in [6.45, 7) is 6.47. The molecule has 124 heavy (non-hydrogen) atoms. The van der Waals surface area contributed by atoms with Gasteiger partial charge in [-0.1, -0.05) is 285 Å². The lowest BCUT2D eigenvalue weighted by Gasteiger charge is -2.32. The van der Waals surface area contributed by atoms with Crippen molar-refractivity contribution in [3.63, 3.8) is 0 Å². The van der Waals surface area contributed by atoms with Crippen molar-refractivity contribution in [1.82, 2.24) is 0 Å². The molecule has 612 valence electrons. The molecule has 21 rings (SSSR count). The van der Waals surface area contributed by atoms with Crippen LogP contribution in [0.2, 0.25) is 0 Å². The Hall–Kier alpha value is -12.1. The van der Waals surface area contributed by atoms with Crippen molar-refractivity contribution in [2.75, 3.05) is 15.1 Å². The molecule has 0 amide bonds. The van der Waals surface area contributed by atoms with E-state index in [-0.39, 0.29) is 0 Å². The number of nitrogens with zero attached hydrogens (tertiary/aromatic N) is 2. The highest BCUT2D eigenvalue weighted by atomic mass is 79.9. The minimum atomic E-state index is 1.05. The molecular formula is C119H107Br2N3. The number of fused-ring (bicyclic) bond motifs is 5. The smallest absolute Gasteiger partial charge is 0.0496 e. The lowest BCUT2D eigenvalue weighted by molar-refractivity contribution is 0.684. The van der Waals surface area contributed by atoms with E-state index in [1.165, 1.54) is 281 Å². The number of hydrogen-bond acceptors (Lipinski definition) is 3. The van der Waals surface area contributed by atoms with Crippen molar-refractivity contribution in [1.29, 1.82) is 0 Å². The predicted molar refractivity (Wildman–Crippen MR) is 535 cm³/mol. The number of hydrogen-bond donors (Lipinski definition) is 1. The molecule has 0 spiro atoms. The van der Waals surface area contributed by atoms with Gasteiger partial charge < -0.3 is 15.1 Å². The third-order valence-corrected chi connectivity index (χ3v) is 27.8. The van der Waals surface area contributed by atoms with Crippen LogP contribution in [-0.2, 0) is 64.2 Å². The second kappa shape index (κ2) is 37.5. The molecule has 3 nitrogen and oxygen atoms in total. The first-order valence-electron chi connectivity index (χ1n) is 45.3. The Labute approximate surface area is 751 Å². The van der Waals surface area contributed by atoms with Gasteiger partial charge in [-0.05, 0) is 403 Å². The van der Waals surface area contributed by atoms with Gasteiger partial charge in [0, 0.05) is 54.4 Å². The molecule has 1 N–H and O–H groups in total. The highest BCUT2D eigenvalue weighted by molar-refractivity contribution is 9.10. The van der Waals surface area contributed by atoms with Crippen LogP contribution in [0.4, 0.5) is 45.5 Å². The number of halogens is 2. The maximum atomic E-state index is 3.69. The van der Waals surface area contributed by atoms with E-state index in [0.717, 1.165) is 52.2 Å². The van der Waals surface area contributed by atoms with Crippen molar-refractivity contribution < 1.29 is 0 Å². The molecule has 16 aromatic rings. The number of aryl methyl sites for hydroxylation is 6. The number of anilines is 8. The minimum absolute atomic E-state index is 1.05.